The van der Waals surface area contributed by atoms with Crippen molar-refractivity contribution in [2.75, 3.05) is 0 Å². The van der Waals surface area contributed by atoms with Gasteiger partial charge in [0.1, 0.15) is 4.60 Å². The van der Waals surface area contributed by atoms with Crippen LogP contribution in [0, 0.1) is 11.3 Å². The van der Waals surface area contributed by atoms with E-state index in [0.717, 1.165) is 15.5 Å². The number of benzene rings is 1. The van der Waals surface area contributed by atoms with Crippen molar-refractivity contribution in [3.05, 3.63) is 28.4 Å². The highest BCUT2D eigenvalue weighted by Gasteiger charge is 2.06. The van der Waals surface area contributed by atoms with Gasteiger partial charge in [-0.3, -0.25) is 5.10 Å². The lowest BCUT2D eigenvalue weighted by molar-refractivity contribution is 1.10. The van der Waals surface area contributed by atoms with Gasteiger partial charge in [0.25, 0.3) is 0 Å². The SMILES string of the molecule is N#Cc1cccc2n[nH]c(Br)c12. The fourth-order valence-corrected chi connectivity index (χ4v) is 1.63. The Labute approximate surface area is 77.1 Å². The molecule has 0 aliphatic carbocycles. The smallest absolute Gasteiger partial charge is 0.110 e. The van der Waals surface area contributed by atoms with E-state index >= 15 is 0 Å². The highest BCUT2D eigenvalue weighted by atomic mass is 79.9. The maximum absolute atomic E-state index is 8.77. The summed E-state index contributed by atoms with van der Waals surface area (Å²) in [6, 6.07) is 7.55. The molecule has 2 aromatic rings. The second-order valence-electron chi connectivity index (χ2n) is 2.35. The molecule has 0 unspecified atom stereocenters. The summed E-state index contributed by atoms with van der Waals surface area (Å²) in [6.07, 6.45) is 0. The van der Waals surface area contributed by atoms with E-state index in [9.17, 15) is 0 Å². The Morgan fingerprint density at radius 2 is 2.33 bits per heavy atom. The number of fused-ring (bicyclic) bond motifs is 1. The van der Waals surface area contributed by atoms with Crippen LogP contribution >= 0.6 is 15.9 Å². The summed E-state index contributed by atoms with van der Waals surface area (Å²) in [5.41, 5.74) is 1.44. The number of nitriles is 1. The Balaban J connectivity index is 2.96. The van der Waals surface area contributed by atoms with Gasteiger partial charge in [-0.15, -0.1) is 0 Å². The van der Waals surface area contributed by atoms with Crippen LogP contribution in [0.5, 0.6) is 0 Å². The Kier molecular flexibility index (Phi) is 1.59. The number of nitrogens with zero attached hydrogens (tertiary/aromatic N) is 2. The van der Waals surface area contributed by atoms with Crippen LogP contribution in [0.15, 0.2) is 22.8 Å². The molecule has 1 N–H and O–H groups in total. The van der Waals surface area contributed by atoms with Crippen LogP contribution in [-0.4, -0.2) is 10.2 Å². The molecule has 2 rings (SSSR count). The molecule has 4 heteroatoms. The fraction of sp³-hybridized carbons (Fsp3) is 0. The normalized spacial score (nSPS) is 10.0. The zero-order chi connectivity index (χ0) is 8.55. The average molecular weight is 222 g/mol. The van der Waals surface area contributed by atoms with Crippen LogP contribution < -0.4 is 0 Å². The summed E-state index contributed by atoms with van der Waals surface area (Å²) in [5.74, 6) is 0. The summed E-state index contributed by atoms with van der Waals surface area (Å²) in [4.78, 5) is 0. The molecule has 0 spiro atoms. The molecule has 1 aromatic heterocycles. The van der Waals surface area contributed by atoms with Gasteiger partial charge in [-0.05, 0) is 28.1 Å². The lowest BCUT2D eigenvalue weighted by Gasteiger charge is -1.90. The first-order valence-electron chi connectivity index (χ1n) is 3.35. The molecule has 0 saturated carbocycles. The van der Waals surface area contributed by atoms with Gasteiger partial charge in [-0.2, -0.15) is 10.4 Å². The number of aromatic amines is 1. The molecule has 0 aliphatic heterocycles. The summed E-state index contributed by atoms with van der Waals surface area (Å²) >= 11 is 3.29. The van der Waals surface area contributed by atoms with E-state index in [1.807, 2.05) is 12.1 Å². The van der Waals surface area contributed by atoms with E-state index in [0.29, 0.717) is 5.56 Å². The third-order valence-electron chi connectivity index (χ3n) is 1.66. The van der Waals surface area contributed by atoms with Crippen molar-refractivity contribution in [3.63, 3.8) is 0 Å². The van der Waals surface area contributed by atoms with E-state index in [-0.39, 0.29) is 0 Å². The molecule has 0 bridgehead atoms. The first-order chi connectivity index (χ1) is 5.83. The average Bonchev–Trinajstić information content (AvgIpc) is 2.48. The quantitative estimate of drug-likeness (QED) is 0.742. The molecule has 58 valence electrons. The van der Waals surface area contributed by atoms with Crippen molar-refractivity contribution in [1.29, 1.82) is 5.26 Å². The third-order valence-corrected chi connectivity index (χ3v) is 2.23. The van der Waals surface area contributed by atoms with Crippen LogP contribution in [0.4, 0.5) is 0 Å². The van der Waals surface area contributed by atoms with Crippen molar-refractivity contribution < 1.29 is 0 Å². The number of nitrogens with one attached hydrogen (secondary N) is 1. The van der Waals surface area contributed by atoms with Gasteiger partial charge in [-0.25, -0.2) is 0 Å². The maximum Gasteiger partial charge on any atom is 0.110 e. The van der Waals surface area contributed by atoms with E-state index in [1.54, 1.807) is 6.07 Å². The summed E-state index contributed by atoms with van der Waals surface area (Å²) < 4.78 is 0.759. The van der Waals surface area contributed by atoms with Crippen molar-refractivity contribution in [3.8, 4) is 6.07 Å². The van der Waals surface area contributed by atoms with E-state index in [2.05, 4.69) is 32.2 Å². The standard InChI is InChI=1S/C8H4BrN3/c9-8-7-5(4-10)2-1-3-6(7)11-12-8/h1-3H,(H,11,12). The molecule has 0 radical (unpaired) electrons. The van der Waals surface area contributed by atoms with Gasteiger partial charge in [0.05, 0.1) is 22.5 Å². The molecule has 0 saturated heterocycles. The number of H-pyrrole nitrogens is 1. The van der Waals surface area contributed by atoms with Gasteiger partial charge in [-0.1, -0.05) is 6.07 Å². The van der Waals surface area contributed by atoms with Crippen LogP contribution in [0.2, 0.25) is 0 Å². The Hall–Kier alpha value is -1.34. The monoisotopic (exact) mass is 221 g/mol. The minimum absolute atomic E-state index is 0.633. The molecule has 1 aromatic carbocycles. The minimum Gasteiger partial charge on any atom is -0.270 e. The van der Waals surface area contributed by atoms with Gasteiger partial charge in [0.15, 0.2) is 0 Å². The molecule has 3 nitrogen and oxygen atoms in total. The maximum atomic E-state index is 8.77. The fourth-order valence-electron chi connectivity index (χ4n) is 1.12. The first-order valence-corrected chi connectivity index (χ1v) is 4.15. The summed E-state index contributed by atoms with van der Waals surface area (Å²) in [6.45, 7) is 0. The zero-order valence-electron chi connectivity index (χ0n) is 6.00. The number of halogens is 1. The predicted octanol–water partition coefficient (Wildman–Crippen LogP) is 2.20. The third kappa shape index (κ3) is 0.908. The second kappa shape index (κ2) is 2.61. The minimum atomic E-state index is 0.633. The van der Waals surface area contributed by atoms with Gasteiger partial charge in [0.2, 0.25) is 0 Å². The van der Waals surface area contributed by atoms with Gasteiger partial charge in [0, 0.05) is 0 Å². The largest absolute Gasteiger partial charge is 0.270 e. The molecule has 0 amide bonds. The lowest BCUT2D eigenvalue weighted by Crippen LogP contribution is -1.75. The zero-order valence-corrected chi connectivity index (χ0v) is 7.59. The van der Waals surface area contributed by atoms with Crippen LogP contribution in [0.1, 0.15) is 5.56 Å². The van der Waals surface area contributed by atoms with Gasteiger partial charge < -0.3 is 0 Å². The van der Waals surface area contributed by atoms with Crippen LogP contribution in [0.3, 0.4) is 0 Å². The Morgan fingerprint density at radius 3 is 3.08 bits per heavy atom. The highest BCUT2D eigenvalue weighted by molar-refractivity contribution is 9.10. The Morgan fingerprint density at radius 1 is 1.50 bits per heavy atom. The first kappa shape index (κ1) is 7.32. The van der Waals surface area contributed by atoms with Crippen LogP contribution in [-0.2, 0) is 0 Å². The summed E-state index contributed by atoms with van der Waals surface area (Å²) in [7, 11) is 0. The van der Waals surface area contributed by atoms with Crippen LogP contribution in [0.25, 0.3) is 10.9 Å². The molecule has 0 aliphatic rings. The molecular weight excluding hydrogens is 218 g/mol. The molecule has 1 heterocycles. The molecule has 12 heavy (non-hydrogen) atoms. The number of hydrogen-bond acceptors (Lipinski definition) is 2. The van der Waals surface area contributed by atoms with Crippen molar-refractivity contribution in [2.24, 2.45) is 0 Å². The van der Waals surface area contributed by atoms with E-state index in [4.69, 9.17) is 5.26 Å². The molecule has 0 fully saturated rings. The van der Waals surface area contributed by atoms with E-state index < -0.39 is 0 Å². The van der Waals surface area contributed by atoms with Crippen molar-refractivity contribution in [1.82, 2.24) is 10.2 Å². The van der Waals surface area contributed by atoms with Gasteiger partial charge >= 0.3 is 0 Å². The number of hydrogen-bond donors (Lipinski definition) is 1. The topological polar surface area (TPSA) is 52.5 Å². The van der Waals surface area contributed by atoms with Crippen molar-refractivity contribution >= 4 is 26.8 Å². The predicted molar refractivity (Wildman–Crippen MR) is 48.5 cm³/mol. The molecule has 0 atom stereocenters. The number of rotatable bonds is 0. The number of aromatic nitrogens is 2. The lowest BCUT2D eigenvalue weighted by atomic mass is 10.1. The van der Waals surface area contributed by atoms with E-state index in [1.165, 1.54) is 0 Å². The Bertz CT molecular complexity index is 467. The second-order valence-corrected chi connectivity index (χ2v) is 3.14. The summed E-state index contributed by atoms with van der Waals surface area (Å²) in [5, 5.41) is 16.4. The highest BCUT2D eigenvalue weighted by Crippen LogP contribution is 2.23. The van der Waals surface area contributed by atoms with Crippen molar-refractivity contribution in [2.45, 2.75) is 0 Å². The molecular formula is C8H4BrN3.